The van der Waals surface area contributed by atoms with Gasteiger partial charge in [-0.25, -0.2) is 4.98 Å². The van der Waals surface area contributed by atoms with Gasteiger partial charge in [-0.1, -0.05) is 41.7 Å². The number of aliphatic hydroxyl groups excluding tert-OH is 1. The lowest BCUT2D eigenvalue weighted by Gasteiger charge is -2.17. The number of benzene rings is 3. The molecule has 5 N–H and O–H groups in total. The van der Waals surface area contributed by atoms with E-state index < -0.39 is 5.91 Å². The molecule has 0 radical (unpaired) electrons. The van der Waals surface area contributed by atoms with E-state index in [1.165, 1.54) is 0 Å². The SMILES string of the molecule is CN(CCO)c1ccc(C(=O)Nc2sc(Nc3ccc4ccccc4c3)nc2C(N)=O)cc1. The maximum absolute atomic E-state index is 12.8. The van der Waals surface area contributed by atoms with Gasteiger partial charge in [-0.05, 0) is 47.2 Å². The Morgan fingerprint density at radius 2 is 1.79 bits per heavy atom. The van der Waals surface area contributed by atoms with Crippen molar-refractivity contribution in [1.82, 2.24) is 4.98 Å². The first kappa shape index (κ1) is 22.3. The van der Waals surface area contributed by atoms with Gasteiger partial charge in [-0.2, -0.15) is 0 Å². The third-order valence-electron chi connectivity index (χ3n) is 5.09. The van der Waals surface area contributed by atoms with Crippen LogP contribution in [0.25, 0.3) is 10.8 Å². The number of nitrogens with zero attached hydrogens (tertiary/aromatic N) is 2. The molecule has 4 aromatic rings. The first-order valence-electron chi connectivity index (χ1n) is 10.2. The lowest BCUT2D eigenvalue weighted by atomic mass is 10.1. The summed E-state index contributed by atoms with van der Waals surface area (Å²) >= 11 is 1.13. The quantitative estimate of drug-likeness (QED) is 0.317. The molecule has 0 fully saturated rings. The first-order chi connectivity index (χ1) is 15.9. The minimum Gasteiger partial charge on any atom is -0.395 e. The summed E-state index contributed by atoms with van der Waals surface area (Å²) in [7, 11) is 1.85. The summed E-state index contributed by atoms with van der Waals surface area (Å²) in [5, 5.41) is 17.9. The van der Waals surface area contributed by atoms with Crippen molar-refractivity contribution in [3.05, 3.63) is 78.0 Å². The molecule has 1 aromatic heterocycles. The first-order valence-corrected chi connectivity index (χ1v) is 11.1. The summed E-state index contributed by atoms with van der Waals surface area (Å²) in [5.41, 5.74) is 7.59. The van der Waals surface area contributed by atoms with E-state index >= 15 is 0 Å². The number of rotatable bonds is 8. The van der Waals surface area contributed by atoms with Crippen LogP contribution in [-0.2, 0) is 0 Å². The highest BCUT2D eigenvalue weighted by atomic mass is 32.1. The summed E-state index contributed by atoms with van der Waals surface area (Å²) in [6.45, 7) is 0.525. The van der Waals surface area contributed by atoms with Gasteiger partial charge < -0.3 is 26.4 Å². The zero-order chi connectivity index (χ0) is 23.4. The number of likely N-dealkylation sites (N-methyl/N-ethyl adjacent to an activating group) is 1. The highest BCUT2D eigenvalue weighted by molar-refractivity contribution is 7.20. The molecule has 0 unspecified atom stereocenters. The van der Waals surface area contributed by atoms with Crippen LogP contribution in [0.4, 0.5) is 21.5 Å². The van der Waals surface area contributed by atoms with Gasteiger partial charge in [0.2, 0.25) is 0 Å². The molecule has 1 heterocycles. The molecule has 8 nitrogen and oxygen atoms in total. The number of anilines is 4. The van der Waals surface area contributed by atoms with E-state index in [0.717, 1.165) is 33.5 Å². The third-order valence-corrected chi connectivity index (χ3v) is 5.98. The smallest absolute Gasteiger partial charge is 0.270 e. The Bertz CT molecular complexity index is 1300. The lowest BCUT2D eigenvalue weighted by Crippen LogP contribution is -2.21. The number of aromatic nitrogens is 1. The number of fused-ring (bicyclic) bond motifs is 1. The minimum atomic E-state index is -0.728. The highest BCUT2D eigenvalue weighted by Gasteiger charge is 2.19. The van der Waals surface area contributed by atoms with E-state index in [1.807, 2.05) is 54.4 Å². The van der Waals surface area contributed by atoms with Crippen molar-refractivity contribution < 1.29 is 14.7 Å². The largest absolute Gasteiger partial charge is 0.395 e. The molecule has 0 bridgehead atoms. The molecule has 9 heteroatoms. The molecule has 168 valence electrons. The van der Waals surface area contributed by atoms with E-state index in [0.29, 0.717) is 17.2 Å². The van der Waals surface area contributed by atoms with Crippen molar-refractivity contribution in [1.29, 1.82) is 0 Å². The van der Waals surface area contributed by atoms with Gasteiger partial charge >= 0.3 is 0 Å². The van der Waals surface area contributed by atoms with E-state index in [2.05, 4.69) is 15.6 Å². The summed E-state index contributed by atoms with van der Waals surface area (Å²) in [6, 6.07) is 20.8. The fourth-order valence-corrected chi connectivity index (χ4v) is 4.22. The number of nitrogens with two attached hydrogens (primary N) is 1. The van der Waals surface area contributed by atoms with Crippen LogP contribution in [0.3, 0.4) is 0 Å². The van der Waals surface area contributed by atoms with Gasteiger partial charge in [0.1, 0.15) is 5.00 Å². The molecule has 33 heavy (non-hydrogen) atoms. The monoisotopic (exact) mass is 461 g/mol. The molecule has 4 rings (SSSR count). The number of nitrogens with one attached hydrogen (secondary N) is 2. The van der Waals surface area contributed by atoms with Crippen molar-refractivity contribution in [2.45, 2.75) is 0 Å². The average Bonchev–Trinajstić information content (AvgIpc) is 3.21. The summed E-state index contributed by atoms with van der Waals surface area (Å²) in [4.78, 5) is 30.8. The number of hydrogen-bond donors (Lipinski definition) is 4. The summed E-state index contributed by atoms with van der Waals surface area (Å²) < 4.78 is 0. The Hall–Kier alpha value is -3.95. The van der Waals surface area contributed by atoms with Crippen molar-refractivity contribution in [2.75, 3.05) is 35.7 Å². The summed E-state index contributed by atoms with van der Waals surface area (Å²) in [6.07, 6.45) is 0. The van der Waals surface area contributed by atoms with Gasteiger partial charge in [0.15, 0.2) is 10.8 Å². The molecule has 2 amide bonds. The maximum atomic E-state index is 12.8. The maximum Gasteiger partial charge on any atom is 0.270 e. The van der Waals surface area contributed by atoms with Crippen LogP contribution in [0, 0.1) is 0 Å². The van der Waals surface area contributed by atoms with E-state index in [9.17, 15) is 9.59 Å². The van der Waals surface area contributed by atoms with Gasteiger partial charge in [-0.3, -0.25) is 9.59 Å². The van der Waals surface area contributed by atoms with Gasteiger partial charge in [0.05, 0.1) is 6.61 Å². The predicted octanol–water partition coefficient (Wildman–Crippen LogP) is 3.82. The van der Waals surface area contributed by atoms with Crippen molar-refractivity contribution in [2.24, 2.45) is 5.73 Å². The van der Waals surface area contributed by atoms with Crippen molar-refractivity contribution in [3.63, 3.8) is 0 Å². The molecular formula is C24H23N5O3S. The number of amides is 2. The molecule has 0 aliphatic heterocycles. The number of carbonyl (C=O) groups is 2. The zero-order valence-corrected chi connectivity index (χ0v) is 18.7. The fourth-order valence-electron chi connectivity index (χ4n) is 3.34. The van der Waals surface area contributed by atoms with Crippen molar-refractivity contribution in [3.8, 4) is 0 Å². The Balaban J connectivity index is 1.52. The van der Waals surface area contributed by atoms with Crippen LogP contribution in [-0.4, -0.2) is 42.1 Å². The van der Waals surface area contributed by atoms with Crippen LogP contribution in [0.15, 0.2) is 66.7 Å². The van der Waals surface area contributed by atoms with Crippen LogP contribution >= 0.6 is 11.3 Å². The summed E-state index contributed by atoms with van der Waals surface area (Å²) in [5.74, 6) is -1.11. The molecule has 0 saturated carbocycles. The topological polar surface area (TPSA) is 121 Å². The second-order valence-corrected chi connectivity index (χ2v) is 8.39. The fraction of sp³-hybridized carbons (Fsp3) is 0.125. The molecule has 0 saturated heterocycles. The normalized spacial score (nSPS) is 10.7. The zero-order valence-electron chi connectivity index (χ0n) is 17.9. The second-order valence-electron chi connectivity index (χ2n) is 7.39. The number of primary amides is 1. The lowest BCUT2D eigenvalue weighted by molar-refractivity contribution is 0.0997. The molecule has 0 aliphatic rings. The number of thiazole rings is 1. The minimum absolute atomic E-state index is 0.00376. The second kappa shape index (κ2) is 9.68. The van der Waals surface area contributed by atoms with Crippen LogP contribution in [0.5, 0.6) is 0 Å². The standard InChI is InChI=1S/C24H23N5O3S/c1-29(12-13-30)19-10-7-16(8-11-19)22(32)28-23-20(21(25)31)27-24(33-23)26-18-9-6-15-4-2-3-5-17(15)14-18/h2-11,14,30H,12-13H2,1H3,(H2,25,31)(H,26,27)(H,28,32). The third kappa shape index (κ3) is 5.11. The predicted molar refractivity (Wildman–Crippen MR) is 133 cm³/mol. The van der Waals surface area contributed by atoms with Gasteiger partial charge in [0.25, 0.3) is 11.8 Å². The molecule has 0 spiro atoms. The highest BCUT2D eigenvalue weighted by Crippen LogP contribution is 2.32. The van der Waals surface area contributed by atoms with Crippen LogP contribution < -0.4 is 21.3 Å². The van der Waals surface area contributed by atoms with E-state index in [4.69, 9.17) is 10.8 Å². The number of carbonyl (C=O) groups excluding carboxylic acids is 2. The van der Waals surface area contributed by atoms with Crippen LogP contribution in [0.2, 0.25) is 0 Å². The van der Waals surface area contributed by atoms with Gasteiger partial charge in [-0.15, -0.1) is 0 Å². The number of hydrogen-bond acceptors (Lipinski definition) is 7. The Morgan fingerprint density at radius 1 is 1.06 bits per heavy atom. The van der Waals surface area contributed by atoms with Crippen molar-refractivity contribution >= 4 is 55.4 Å². The van der Waals surface area contributed by atoms with Gasteiger partial charge in [0, 0.05) is 30.5 Å². The molecule has 0 aliphatic carbocycles. The molecule has 3 aromatic carbocycles. The van der Waals surface area contributed by atoms with Crippen LogP contribution in [0.1, 0.15) is 20.8 Å². The average molecular weight is 462 g/mol. The Labute approximate surface area is 194 Å². The Kier molecular flexibility index (Phi) is 6.53. The molecular weight excluding hydrogens is 438 g/mol. The number of aliphatic hydroxyl groups is 1. The van der Waals surface area contributed by atoms with E-state index in [1.54, 1.807) is 24.3 Å². The van der Waals surface area contributed by atoms with E-state index in [-0.39, 0.29) is 23.2 Å². The Morgan fingerprint density at radius 3 is 2.48 bits per heavy atom. The molecule has 0 atom stereocenters.